The lowest BCUT2D eigenvalue weighted by Gasteiger charge is -2.29. The van der Waals surface area contributed by atoms with Gasteiger partial charge >= 0.3 is 0 Å². The molecule has 160 valence electrons. The highest BCUT2D eigenvalue weighted by Crippen LogP contribution is 2.27. The molecule has 0 atom stereocenters. The molecule has 3 rings (SSSR count). The Hall–Kier alpha value is -2.90. The molecule has 1 heterocycles. The quantitative estimate of drug-likeness (QED) is 0.526. The molecule has 1 aliphatic heterocycles. The van der Waals surface area contributed by atoms with E-state index in [1.54, 1.807) is 38.5 Å². The van der Waals surface area contributed by atoms with Gasteiger partial charge in [0.1, 0.15) is 32.7 Å². The number of benzene rings is 2. The number of carbonyl (C=O) groups excluding carboxylic acids is 2. The van der Waals surface area contributed by atoms with Crippen molar-refractivity contribution in [3.05, 3.63) is 53.6 Å². The molecule has 0 saturated carbocycles. The Morgan fingerprint density at radius 2 is 1.53 bits per heavy atom. The SMILES string of the molecule is COc1ccc(C[NH+]2CC[NH+](CC(=O)Nc3ccc(C(C)=O)cc3)CC2)cc1OC. The first kappa shape index (κ1) is 21.8. The van der Waals surface area contributed by atoms with Crippen LogP contribution >= 0.6 is 0 Å². The van der Waals surface area contributed by atoms with E-state index in [4.69, 9.17) is 9.47 Å². The molecule has 3 N–H and O–H groups in total. The number of hydrogen-bond acceptors (Lipinski definition) is 4. The van der Waals surface area contributed by atoms with E-state index in [0.717, 1.165) is 49.9 Å². The van der Waals surface area contributed by atoms with Crippen LogP contribution in [0, 0.1) is 0 Å². The fraction of sp³-hybridized carbons (Fsp3) is 0.391. The van der Waals surface area contributed by atoms with Crippen molar-refractivity contribution < 1.29 is 28.9 Å². The maximum Gasteiger partial charge on any atom is 0.279 e. The molecule has 0 aromatic heterocycles. The van der Waals surface area contributed by atoms with E-state index in [1.165, 1.54) is 22.3 Å². The lowest BCUT2D eigenvalue weighted by molar-refractivity contribution is -1.02. The molecular weight excluding hydrogens is 382 g/mol. The lowest BCUT2D eigenvalue weighted by atomic mass is 10.1. The number of Topliss-reactive ketones (excluding diaryl/α,β-unsaturated/α-hetero) is 1. The van der Waals surface area contributed by atoms with Gasteiger partial charge in [-0.2, -0.15) is 0 Å². The fourth-order valence-corrected chi connectivity index (χ4v) is 3.81. The number of methoxy groups -OCH3 is 2. The van der Waals surface area contributed by atoms with Crippen molar-refractivity contribution in [2.45, 2.75) is 13.5 Å². The summed E-state index contributed by atoms with van der Waals surface area (Å²) in [6, 6.07) is 13.1. The number of rotatable bonds is 8. The van der Waals surface area contributed by atoms with Gasteiger partial charge in [-0.3, -0.25) is 9.59 Å². The summed E-state index contributed by atoms with van der Waals surface area (Å²) in [5.41, 5.74) is 2.59. The van der Waals surface area contributed by atoms with Crippen LogP contribution in [0.25, 0.3) is 0 Å². The summed E-state index contributed by atoms with van der Waals surface area (Å²) in [7, 11) is 3.29. The highest BCUT2D eigenvalue weighted by Gasteiger charge is 2.25. The van der Waals surface area contributed by atoms with Gasteiger partial charge in [0.2, 0.25) is 0 Å². The minimum Gasteiger partial charge on any atom is -0.493 e. The zero-order chi connectivity index (χ0) is 21.5. The van der Waals surface area contributed by atoms with Gasteiger partial charge in [0.25, 0.3) is 5.91 Å². The number of hydrogen-bond donors (Lipinski definition) is 3. The Morgan fingerprint density at radius 3 is 2.13 bits per heavy atom. The number of carbonyl (C=O) groups is 2. The summed E-state index contributed by atoms with van der Waals surface area (Å²) >= 11 is 0. The van der Waals surface area contributed by atoms with Gasteiger partial charge in [0.05, 0.1) is 14.2 Å². The molecule has 1 aliphatic rings. The van der Waals surface area contributed by atoms with Crippen molar-refractivity contribution in [3.8, 4) is 11.5 Å². The first-order chi connectivity index (χ1) is 14.5. The van der Waals surface area contributed by atoms with E-state index in [0.29, 0.717) is 12.1 Å². The third kappa shape index (κ3) is 5.81. The van der Waals surface area contributed by atoms with Gasteiger partial charge in [-0.15, -0.1) is 0 Å². The molecular formula is C23H31N3O4+2. The molecule has 0 spiro atoms. The smallest absolute Gasteiger partial charge is 0.279 e. The van der Waals surface area contributed by atoms with Gasteiger partial charge in [-0.1, -0.05) is 0 Å². The van der Waals surface area contributed by atoms with Crippen molar-refractivity contribution in [1.82, 2.24) is 0 Å². The van der Waals surface area contributed by atoms with E-state index < -0.39 is 0 Å². The van der Waals surface area contributed by atoms with Crippen LogP contribution in [0.3, 0.4) is 0 Å². The van der Waals surface area contributed by atoms with Crippen molar-refractivity contribution >= 4 is 17.4 Å². The Morgan fingerprint density at radius 1 is 0.900 bits per heavy atom. The van der Waals surface area contributed by atoms with Crippen LogP contribution in [-0.4, -0.2) is 58.6 Å². The normalized spacial score (nSPS) is 18.5. The number of nitrogens with one attached hydrogen (secondary N) is 3. The summed E-state index contributed by atoms with van der Waals surface area (Å²) in [5, 5.41) is 2.93. The Kier molecular flexibility index (Phi) is 7.43. The molecule has 7 nitrogen and oxygen atoms in total. The van der Waals surface area contributed by atoms with Crippen LogP contribution in [-0.2, 0) is 11.3 Å². The number of ether oxygens (including phenoxy) is 2. The summed E-state index contributed by atoms with van der Waals surface area (Å²) in [6.07, 6.45) is 0. The van der Waals surface area contributed by atoms with Gasteiger partial charge < -0.3 is 24.6 Å². The second kappa shape index (κ2) is 10.2. The average molecular weight is 414 g/mol. The monoisotopic (exact) mass is 413 g/mol. The third-order valence-corrected chi connectivity index (χ3v) is 5.55. The molecule has 2 aromatic carbocycles. The average Bonchev–Trinajstić information content (AvgIpc) is 2.75. The summed E-state index contributed by atoms with van der Waals surface area (Å²) in [6.45, 7) is 6.87. The van der Waals surface area contributed by atoms with Gasteiger partial charge in [-0.05, 0) is 49.4 Å². The van der Waals surface area contributed by atoms with Crippen LogP contribution in [0.1, 0.15) is 22.8 Å². The highest BCUT2D eigenvalue weighted by molar-refractivity contribution is 5.95. The van der Waals surface area contributed by atoms with Crippen molar-refractivity contribution in [3.63, 3.8) is 0 Å². The maximum atomic E-state index is 12.4. The van der Waals surface area contributed by atoms with Crippen LogP contribution < -0.4 is 24.6 Å². The van der Waals surface area contributed by atoms with Crippen LogP contribution in [0.15, 0.2) is 42.5 Å². The van der Waals surface area contributed by atoms with Gasteiger partial charge in [-0.25, -0.2) is 0 Å². The summed E-state index contributed by atoms with van der Waals surface area (Å²) < 4.78 is 10.7. The molecule has 2 aromatic rings. The number of ketones is 1. The van der Waals surface area contributed by atoms with Crippen molar-refractivity contribution in [1.29, 1.82) is 0 Å². The maximum absolute atomic E-state index is 12.4. The first-order valence-corrected chi connectivity index (χ1v) is 10.3. The van der Waals surface area contributed by atoms with E-state index in [2.05, 4.69) is 11.4 Å². The van der Waals surface area contributed by atoms with Crippen LogP contribution in [0.2, 0.25) is 0 Å². The lowest BCUT2D eigenvalue weighted by Crippen LogP contribution is -3.28. The second-order valence-electron chi connectivity index (χ2n) is 7.72. The van der Waals surface area contributed by atoms with Gasteiger partial charge in [0.15, 0.2) is 23.8 Å². The van der Waals surface area contributed by atoms with Crippen LogP contribution in [0.4, 0.5) is 5.69 Å². The number of piperazine rings is 1. The Labute approximate surface area is 177 Å². The molecule has 0 radical (unpaired) electrons. The Bertz CT molecular complexity index is 875. The second-order valence-corrected chi connectivity index (χ2v) is 7.72. The molecule has 1 fully saturated rings. The first-order valence-electron chi connectivity index (χ1n) is 10.3. The molecule has 1 saturated heterocycles. The largest absolute Gasteiger partial charge is 0.493 e. The minimum absolute atomic E-state index is 0.00363. The van der Waals surface area contributed by atoms with E-state index in [9.17, 15) is 9.59 Å². The topological polar surface area (TPSA) is 73.5 Å². The highest BCUT2D eigenvalue weighted by atomic mass is 16.5. The molecule has 7 heteroatoms. The molecule has 0 unspecified atom stereocenters. The predicted octanol–water partition coefficient (Wildman–Crippen LogP) is -0.171. The van der Waals surface area contributed by atoms with Crippen molar-refractivity contribution in [2.75, 3.05) is 52.3 Å². The molecule has 1 amide bonds. The predicted molar refractivity (Wildman–Crippen MR) is 115 cm³/mol. The van der Waals surface area contributed by atoms with E-state index in [1.807, 2.05) is 12.1 Å². The summed E-state index contributed by atoms with van der Waals surface area (Å²) in [4.78, 5) is 26.5. The molecule has 0 aliphatic carbocycles. The zero-order valence-corrected chi connectivity index (χ0v) is 17.9. The number of amides is 1. The molecule has 30 heavy (non-hydrogen) atoms. The van der Waals surface area contributed by atoms with E-state index >= 15 is 0 Å². The third-order valence-electron chi connectivity index (χ3n) is 5.55. The number of anilines is 1. The Balaban J connectivity index is 1.45. The van der Waals surface area contributed by atoms with E-state index in [-0.39, 0.29) is 11.7 Å². The minimum atomic E-state index is 0.00363. The molecule has 0 bridgehead atoms. The van der Waals surface area contributed by atoms with Crippen LogP contribution in [0.5, 0.6) is 11.5 Å². The summed E-state index contributed by atoms with van der Waals surface area (Å²) in [5.74, 6) is 1.52. The van der Waals surface area contributed by atoms with Gasteiger partial charge in [0, 0.05) is 16.8 Å². The zero-order valence-electron chi connectivity index (χ0n) is 17.9. The standard InChI is InChI=1S/C23H29N3O4/c1-17(27)19-5-7-20(8-6-19)24-23(28)16-26-12-10-25(11-13-26)15-18-4-9-21(29-2)22(14-18)30-3/h4-9,14H,10-13,15-16H2,1-3H3,(H,24,28)/p+2. The van der Waals surface area contributed by atoms with Crippen molar-refractivity contribution in [2.24, 2.45) is 0 Å². The number of quaternary nitrogens is 2. The fourth-order valence-electron chi connectivity index (χ4n) is 3.81.